The van der Waals surface area contributed by atoms with E-state index in [1.165, 1.54) is 12.1 Å². The minimum absolute atomic E-state index is 0.114. The van der Waals surface area contributed by atoms with Gasteiger partial charge in [-0.15, -0.1) is 0 Å². The monoisotopic (exact) mass is 419 g/mol. The molecule has 0 saturated carbocycles. The van der Waals surface area contributed by atoms with Gasteiger partial charge in [0.05, 0.1) is 29.9 Å². The van der Waals surface area contributed by atoms with Crippen LogP contribution in [0, 0.1) is 11.6 Å². The Morgan fingerprint density at radius 1 is 1.13 bits per heavy atom. The zero-order valence-corrected chi connectivity index (χ0v) is 16.5. The Morgan fingerprint density at radius 3 is 2.87 bits per heavy atom. The molecule has 0 fully saturated rings. The summed E-state index contributed by atoms with van der Waals surface area (Å²) in [6.07, 6.45) is 2.29. The van der Waals surface area contributed by atoms with E-state index in [4.69, 9.17) is 4.74 Å². The molecule has 7 heteroatoms. The number of rotatable bonds is 4. The number of benzene rings is 3. The number of hydrogen-bond donors (Lipinski definition) is 1. The van der Waals surface area contributed by atoms with Crippen LogP contribution in [0.3, 0.4) is 0 Å². The number of carbonyl (C=O) groups excluding carboxylic acids is 1. The van der Waals surface area contributed by atoms with Crippen LogP contribution in [0.5, 0.6) is 5.75 Å². The number of carbonyl (C=O) groups is 1. The van der Waals surface area contributed by atoms with Crippen LogP contribution < -0.4 is 10.1 Å². The smallest absolute Gasteiger partial charge is 0.251 e. The van der Waals surface area contributed by atoms with Gasteiger partial charge < -0.3 is 14.6 Å². The number of nitrogens with zero attached hydrogens (tertiary/aromatic N) is 2. The number of fused-ring (bicyclic) bond motifs is 2. The molecule has 1 amide bonds. The molecule has 0 spiro atoms. The normalized spacial score (nSPS) is 15.4. The third-order valence-electron chi connectivity index (χ3n) is 5.45. The van der Waals surface area contributed by atoms with E-state index in [1.807, 2.05) is 24.3 Å². The number of imidazole rings is 1. The summed E-state index contributed by atoms with van der Waals surface area (Å²) in [4.78, 5) is 17.1. The topological polar surface area (TPSA) is 56.1 Å². The number of amides is 1. The molecule has 5 nitrogen and oxygen atoms in total. The number of hydrogen-bond acceptors (Lipinski definition) is 3. The second-order valence-electron chi connectivity index (χ2n) is 7.60. The number of para-hydroxylation sites is 1. The summed E-state index contributed by atoms with van der Waals surface area (Å²) in [5.74, 6) is -0.556. The van der Waals surface area contributed by atoms with Crippen LogP contribution in [0.1, 0.15) is 21.5 Å². The molecule has 3 aromatic carbocycles. The second-order valence-corrected chi connectivity index (χ2v) is 7.60. The van der Waals surface area contributed by atoms with Crippen molar-refractivity contribution in [3.63, 3.8) is 0 Å². The molecule has 5 rings (SSSR count). The number of nitrogens with one attached hydrogen (secondary N) is 1. The Kier molecular flexibility index (Phi) is 4.86. The van der Waals surface area contributed by atoms with Gasteiger partial charge in [-0.1, -0.05) is 24.3 Å². The molecule has 0 bridgehead atoms. The maximum absolute atomic E-state index is 14.0. The van der Waals surface area contributed by atoms with Crippen LogP contribution in [0.2, 0.25) is 0 Å². The fourth-order valence-electron chi connectivity index (χ4n) is 3.85. The zero-order valence-electron chi connectivity index (χ0n) is 16.5. The Balaban J connectivity index is 1.32. The largest absolute Gasteiger partial charge is 0.491 e. The molecule has 4 aromatic rings. The van der Waals surface area contributed by atoms with Crippen molar-refractivity contribution in [1.82, 2.24) is 14.9 Å². The molecule has 1 aliphatic heterocycles. The molecule has 1 aliphatic rings. The fraction of sp³-hybridized carbons (Fsp3) is 0.167. The quantitative estimate of drug-likeness (QED) is 0.542. The first-order chi connectivity index (χ1) is 15.1. The average molecular weight is 419 g/mol. The van der Waals surface area contributed by atoms with E-state index in [0.717, 1.165) is 22.9 Å². The van der Waals surface area contributed by atoms with Crippen LogP contribution in [0.4, 0.5) is 8.78 Å². The molecule has 1 unspecified atom stereocenters. The van der Waals surface area contributed by atoms with Gasteiger partial charge in [0.25, 0.3) is 5.91 Å². The van der Waals surface area contributed by atoms with Crippen molar-refractivity contribution in [3.05, 3.63) is 95.3 Å². The van der Waals surface area contributed by atoms with Crippen LogP contribution in [0.25, 0.3) is 11.0 Å². The minimum atomic E-state index is -0.612. The van der Waals surface area contributed by atoms with Crippen molar-refractivity contribution < 1.29 is 18.3 Å². The average Bonchev–Trinajstić information content (AvgIpc) is 3.17. The lowest BCUT2D eigenvalue weighted by atomic mass is 10.0. The van der Waals surface area contributed by atoms with Gasteiger partial charge in [-0.3, -0.25) is 4.79 Å². The lowest BCUT2D eigenvalue weighted by molar-refractivity contribution is 0.0915. The van der Waals surface area contributed by atoms with Gasteiger partial charge in [-0.05, 0) is 42.3 Å². The Bertz CT molecular complexity index is 1290. The van der Waals surface area contributed by atoms with Gasteiger partial charge in [-0.25, -0.2) is 13.8 Å². The van der Waals surface area contributed by atoms with Crippen molar-refractivity contribution in [1.29, 1.82) is 0 Å². The highest BCUT2D eigenvalue weighted by molar-refractivity contribution is 5.97. The summed E-state index contributed by atoms with van der Waals surface area (Å²) in [5, 5.41) is 3.02. The summed E-state index contributed by atoms with van der Waals surface area (Å²) in [7, 11) is 0. The molecular weight excluding hydrogens is 400 g/mol. The minimum Gasteiger partial charge on any atom is -0.491 e. The molecular formula is C24H19F2N3O2. The van der Waals surface area contributed by atoms with Crippen LogP contribution in [-0.4, -0.2) is 28.1 Å². The highest BCUT2D eigenvalue weighted by atomic mass is 19.1. The molecule has 1 aromatic heterocycles. The highest BCUT2D eigenvalue weighted by Gasteiger charge is 2.22. The highest BCUT2D eigenvalue weighted by Crippen LogP contribution is 2.24. The van der Waals surface area contributed by atoms with E-state index < -0.39 is 11.6 Å². The first-order valence-electron chi connectivity index (χ1n) is 9.97. The first-order valence-corrected chi connectivity index (χ1v) is 9.97. The molecule has 1 atom stereocenters. The summed E-state index contributed by atoms with van der Waals surface area (Å²) >= 11 is 0. The summed E-state index contributed by atoms with van der Waals surface area (Å²) < 4.78 is 34.6. The second kappa shape index (κ2) is 7.83. The SMILES string of the molecule is O=C(NC1COc2ccccc2C1)c1ccc2c(c1)ncn2Cc1ccc(F)cc1F. The predicted octanol–water partition coefficient (Wildman–Crippen LogP) is 4.10. The third kappa shape index (κ3) is 3.86. The number of halogens is 2. The molecule has 1 N–H and O–H groups in total. The predicted molar refractivity (Wildman–Crippen MR) is 112 cm³/mol. The van der Waals surface area contributed by atoms with Gasteiger partial charge in [0.1, 0.15) is 24.0 Å². The molecule has 0 saturated heterocycles. The summed E-state index contributed by atoms with van der Waals surface area (Å²) in [6, 6.07) is 16.4. The molecule has 0 aliphatic carbocycles. The van der Waals surface area contributed by atoms with Crippen molar-refractivity contribution >= 4 is 16.9 Å². The van der Waals surface area contributed by atoms with Gasteiger partial charge in [0.2, 0.25) is 0 Å². The summed E-state index contributed by atoms with van der Waals surface area (Å²) in [5.41, 5.74) is 3.31. The fourth-order valence-corrected chi connectivity index (χ4v) is 3.85. The number of aromatic nitrogens is 2. The van der Waals surface area contributed by atoms with Crippen molar-refractivity contribution in [3.8, 4) is 5.75 Å². The molecule has 156 valence electrons. The number of ether oxygens (including phenoxy) is 1. The van der Waals surface area contributed by atoms with Crippen molar-refractivity contribution in [2.24, 2.45) is 0 Å². The van der Waals surface area contributed by atoms with E-state index in [1.54, 1.807) is 29.1 Å². The van der Waals surface area contributed by atoms with E-state index >= 15 is 0 Å². The maximum Gasteiger partial charge on any atom is 0.251 e. The molecule has 0 radical (unpaired) electrons. The maximum atomic E-state index is 14.0. The van der Waals surface area contributed by atoms with E-state index in [9.17, 15) is 13.6 Å². The van der Waals surface area contributed by atoms with E-state index in [-0.39, 0.29) is 18.5 Å². The lowest BCUT2D eigenvalue weighted by Crippen LogP contribution is -2.42. The third-order valence-corrected chi connectivity index (χ3v) is 5.45. The molecule has 2 heterocycles. The molecule has 31 heavy (non-hydrogen) atoms. The van der Waals surface area contributed by atoms with Gasteiger partial charge >= 0.3 is 0 Å². The van der Waals surface area contributed by atoms with Gasteiger partial charge in [-0.2, -0.15) is 0 Å². The Hall–Kier alpha value is -3.74. The Labute approximate surface area is 177 Å². The van der Waals surface area contributed by atoms with Crippen LogP contribution in [-0.2, 0) is 13.0 Å². The summed E-state index contributed by atoms with van der Waals surface area (Å²) in [6.45, 7) is 0.635. The van der Waals surface area contributed by atoms with Crippen molar-refractivity contribution in [2.45, 2.75) is 19.0 Å². The van der Waals surface area contributed by atoms with Gasteiger partial charge in [0.15, 0.2) is 0 Å². The lowest BCUT2D eigenvalue weighted by Gasteiger charge is -2.26. The standard InChI is InChI=1S/C24H19F2N3O2/c25-18-7-5-17(20(26)11-18)12-29-14-27-21-10-16(6-8-22(21)29)24(30)28-19-9-15-3-1-2-4-23(15)31-13-19/h1-8,10-11,14,19H,9,12-13H2,(H,28,30). The van der Waals surface area contributed by atoms with Crippen LogP contribution in [0.15, 0.2) is 67.0 Å². The van der Waals surface area contributed by atoms with Gasteiger partial charge in [0, 0.05) is 17.2 Å². The first kappa shape index (κ1) is 19.2. The Morgan fingerprint density at radius 2 is 2.00 bits per heavy atom. The zero-order chi connectivity index (χ0) is 21.4. The van der Waals surface area contributed by atoms with Crippen molar-refractivity contribution in [2.75, 3.05) is 6.61 Å². The van der Waals surface area contributed by atoms with E-state index in [2.05, 4.69) is 10.3 Å². The van der Waals surface area contributed by atoms with E-state index in [0.29, 0.717) is 29.7 Å². The van der Waals surface area contributed by atoms with Crippen LogP contribution >= 0.6 is 0 Å².